The van der Waals surface area contributed by atoms with Gasteiger partial charge in [-0.25, -0.2) is 4.68 Å². The fourth-order valence-electron chi connectivity index (χ4n) is 3.00. The number of carbonyl (C=O) groups is 1. The molecule has 0 saturated heterocycles. The molecule has 0 saturated carbocycles. The Morgan fingerprint density at radius 3 is 2.11 bits per heavy atom. The van der Waals surface area contributed by atoms with Gasteiger partial charge in [0, 0.05) is 0 Å². The van der Waals surface area contributed by atoms with Crippen molar-refractivity contribution in [1.29, 1.82) is 5.26 Å². The van der Waals surface area contributed by atoms with Gasteiger partial charge in [0.1, 0.15) is 18.2 Å². The molecule has 1 amide bonds. The minimum Gasteiger partial charge on any atom is -0.344 e. The number of nitrogens with one attached hydrogen (secondary N) is 1. The second-order valence-electron chi connectivity index (χ2n) is 6.48. The lowest BCUT2D eigenvalue weighted by Crippen LogP contribution is -2.37. The zero-order chi connectivity index (χ0) is 20.1. The molecule has 0 aliphatic carbocycles. The lowest BCUT2D eigenvalue weighted by molar-refractivity contribution is -0.122. The van der Waals surface area contributed by atoms with Crippen LogP contribution in [-0.2, 0) is 11.3 Å². The van der Waals surface area contributed by atoms with Crippen LogP contribution < -0.4 is 10.9 Å². The number of carbonyl (C=O) groups excluding carboxylic acids is 1. The molecule has 0 atom stereocenters. The molecule has 3 rings (SSSR count). The second-order valence-corrected chi connectivity index (χ2v) is 6.48. The summed E-state index contributed by atoms with van der Waals surface area (Å²) in [6.45, 7) is 3.12. The van der Waals surface area contributed by atoms with Crippen molar-refractivity contribution in [2.24, 2.45) is 0 Å². The van der Waals surface area contributed by atoms with E-state index < -0.39 is 5.56 Å². The Bertz CT molecular complexity index is 1040. The monoisotopic (exact) mass is 372 g/mol. The highest BCUT2D eigenvalue weighted by Crippen LogP contribution is 2.21. The van der Waals surface area contributed by atoms with Crippen molar-refractivity contribution in [2.75, 3.05) is 0 Å². The van der Waals surface area contributed by atoms with E-state index >= 15 is 0 Å². The highest BCUT2D eigenvalue weighted by molar-refractivity contribution is 5.76. The summed E-state index contributed by atoms with van der Waals surface area (Å²) in [6.07, 6.45) is 0. The van der Waals surface area contributed by atoms with Gasteiger partial charge >= 0.3 is 0 Å². The maximum Gasteiger partial charge on any atom is 0.285 e. The molecule has 0 spiro atoms. The summed E-state index contributed by atoms with van der Waals surface area (Å²) < 4.78 is 1.04. The van der Waals surface area contributed by atoms with Gasteiger partial charge in [0.2, 0.25) is 5.91 Å². The fraction of sp³-hybridized carbons (Fsp3) is 0.182. The van der Waals surface area contributed by atoms with Crippen molar-refractivity contribution in [2.45, 2.75) is 26.4 Å². The average Bonchev–Trinajstić information content (AvgIpc) is 2.72. The van der Waals surface area contributed by atoms with Crippen molar-refractivity contribution >= 4 is 5.91 Å². The van der Waals surface area contributed by atoms with Crippen LogP contribution in [0.2, 0.25) is 0 Å². The molecular formula is C22H20N4O2. The highest BCUT2D eigenvalue weighted by atomic mass is 16.2. The number of nitriles is 1. The van der Waals surface area contributed by atoms with Gasteiger partial charge in [-0.05, 0) is 30.5 Å². The normalized spacial score (nSPS) is 10.5. The van der Waals surface area contributed by atoms with E-state index in [0.717, 1.165) is 15.8 Å². The first-order valence-electron chi connectivity index (χ1n) is 8.89. The minimum atomic E-state index is -0.559. The summed E-state index contributed by atoms with van der Waals surface area (Å²) in [5.74, 6) is -0.362. The summed E-state index contributed by atoms with van der Waals surface area (Å²) in [4.78, 5) is 25.2. The van der Waals surface area contributed by atoms with Crippen molar-refractivity contribution in [1.82, 2.24) is 15.1 Å². The first-order valence-corrected chi connectivity index (χ1v) is 8.89. The zero-order valence-corrected chi connectivity index (χ0v) is 15.7. The van der Waals surface area contributed by atoms with Crippen LogP contribution >= 0.6 is 0 Å². The van der Waals surface area contributed by atoms with Crippen LogP contribution in [0.15, 0.2) is 65.5 Å². The molecule has 3 aromatic rings. The largest absolute Gasteiger partial charge is 0.344 e. The molecule has 28 heavy (non-hydrogen) atoms. The van der Waals surface area contributed by atoms with Gasteiger partial charge in [-0.15, -0.1) is 0 Å². The maximum absolute atomic E-state index is 12.7. The van der Waals surface area contributed by atoms with Gasteiger partial charge in [-0.1, -0.05) is 60.7 Å². The molecule has 1 heterocycles. The topological polar surface area (TPSA) is 87.8 Å². The Hall–Kier alpha value is -3.72. The van der Waals surface area contributed by atoms with Gasteiger partial charge in [0.05, 0.1) is 11.7 Å². The lowest BCUT2D eigenvalue weighted by atomic mass is 9.99. The average molecular weight is 372 g/mol. The molecule has 0 fully saturated rings. The van der Waals surface area contributed by atoms with Crippen LogP contribution in [0.4, 0.5) is 0 Å². The number of benzene rings is 2. The number of amides is 1. The summed E-state index contributed by atoms with van der Waals surface area (Å²) in [5, 5.41) is 16.4. The van der Waals surface area contributed by atoms with E-state index in [1.807, 2.05) is 66.7 Å². The molecule has 6 nitrogen and oxygen atoms in total. The van der Waals surface area contributed by atoms with E-state index in [2.05, 4.69) is 10.4 Å². The molecule has 0 bridgehead atoms. The van der Waals surface area contributed by atoms with Gasteiger partial charge in [0.25, 0.3) is 5.56 Å². The molecule has 0 aliphatic rings. The maximum atomic E-state index is 12.7. The summed E-state index contributed by atoms with van der Waals surface area (Å²) in [5.41, 5.74) is 2.40. The Morgan fingerprint density at radius 2 is 1.61 bits per heavy atom. The summed E-state index contributed by atoms with van der Waals surface area (Å²) >= 11 is 0. The first kappa shape index (κ1) is 19.1. The Labute approximate surface area is 163 Å². The van der Waals surface area contributed by atoms with Gasteiger partial charge in [-0.3, -0.25) is 9.59 Å². The number of aromatic nitrogens is 2. The fourth-order valence-corrected chi connectivity index (χ4v) is 3.00. The third-order valence-electron chi connectivity index (χ3n) is 4.61. The molecule has 140 valence electrons. The van der Waals surface area contributed by atoms with Crippen LogP contribution in [0.3, 0.4) is 0 Å². The minimum absolute atomic E-state index is 0.0166. The standard InChI is InChI=1S/C22H20N4O2/c1-15-16(2)25-26(22(28)19(15)13-23)14-20(27)24-21(17-9-5-3-6-10-17)18-11-7-4-8-12-18/h3-12,21H,14H2,1-2H3,(H,24,27). The van der Waals surface area contributed by atoms with Crippen molar-refractivity contribution in [3.8, 4) is 6.07 Å². The molecule has 1 aromatic heterocycles. The van der Waals surface area contributed by atoms with Crippen LogP contribution in [0.25, 0.3) is 0 Å². The highest BCUT2D eigenvalue weighted by Gasteiger charge is 2.19. The van der Waals surface area contributed by atoms with E-state index in [-0.39, 0.29) is 24.1 Å². The van der Waals surface area contributed by atoms with E-state index in [0.29, 0.717) is 11.3 Å². The van der Waals surface area contributed by atoms with Crippen LogP contribution in [0, 0.1) is 25.2 Å². The van der Waals surface area contributed by atoms with E-state index in [1.165, 1.54) is 0 Å². The zero-order valence-electron chi connectivity index (χ0n) is 15.7. The predicted molar refractivity (Wildman–Crippen MR) is 106 cm³/mol. The summed E-state index contributed by atoms with van der Waals surface area (Å²) in [7, 11) is 0. The smallest absolute Gasteiger partial charge is 0.285 e. The second kappa shape index (κ2) is 8.31. The number of rotatable bonds is 5. The predicted octanol–water partition coefficient (Wildman–Crippen LogP) is 2.64. The molecule has 0 radical (unpaired) electrons. The number of aryl methyl sites for hydroxylation is 1. The third-order valence-corrected chi connectivity index (χ3v) is 4.61. The van der Waals surface area contributed by atoms with Crippen molar-refractivity contribution < 1.29 is 4.79 Å². The van der Waals surface area contributed by atoms with Gasteiger partial charge in [0.15, 0.2) is 0 Å². The Kier molecular flexibility index (Phi) is 5.66. The van der Waals surface area contributed by atoms with E-state index in [1.54, 1.807) is 13.8 Å². The summed E-state index contributed by atoms with van der Waals surface area (Å²) in [6, 6.07) is 20.8. The molecule has 1 N–H and O–H groups in total. The number of hydrogen-bond acceptors (Lipinski definition) is 4. The van der Waals surface area contributed by atoms with Crippen LogP contribution in [-0.4, -0.2) is 15.7 Å². The number of hydrogen-bond donors (Lipinski definition) is 1. The molecule has 0 aliphatic heterocycles. The molecule has 2 aromatic carbocycles. The van der Waals surface area contributed by atoms with Crippen LogP contribution in [0.1, 0.15) is 34.0 Å². The molecule has 6 heteroatoms. The van der Waals surface area contributed by atoms with Crippen molar-refractivity contribution in [3.05, 3.63) is 99.0 Å². The number of nitrogens with zero attached hydrogens (tertiary/aromatic N) is 3. The molecule has 0 unspecified atom stereocenters. The Balaban J connectivity index is 1.89. The quantitative estimate of drug-likeness (QED) is 0.746. The SMILES string of the molecule is Cc1nn(CC(=O)NC(c2ccccc2)c2ccccc2)c(=O)c(C#N)c1C. The van der Waals surface area contributed by atoms with Gasteiger partial charge < -0.3 is 5.32 Å². The van der Waals surface area contributed by atoms with Crippen LogP contribution in [0.5, 0.6) is 0 Å². The van der Waals surface area contributed by atoms with Gasteiger partial charge in [-0.2, -0.15) is 10.4 Å². The third kappa shape index (κ3) is 3.99. The molecular weight excluding hydrogens is 352 g/mol. The van der Waals surface area contributed by atoms with E-state index in [9.17, 15) is 14.9 Å². The Morgan fingerprint density at radius 1 is 1.07 bits per heavy atom. The lowest BCUT2D eigenvalue weighted by Gasteiger charge is -2.20. The first-order chi connectivity index (χ1) is 13.5. The van der Waals surface area contributed by atoms with E-state index in [4.69, 9.17) is 0 Å². The van der Waals surface area contributed by atoms with Crippen molar-refractivity contribution in [3.63, 3.8) is 0 Å².